The fourth-order valence-corrected chi connectivity index (χ4v) is 1.79. The zero-order valence-electron chi connectivity index (χ0n) is 12.1. The van der Waals surface area contributed by atoms with Gasteiger partial charge in [0.05, 0.1) is 6.54 Å². The van der Waals surface area contributed by atoms with Gasteiger partial charge in [-0.15, -0.1) is 0 Å². The monoisotopic (exact) mass is 264 g/mol. The molecule has 0 saturated heterocycles. The minimum atomic E-state index is -0.127. The Morgan fingerprint density at radius 1 is 1.11 bits per heavy atom. The van der Waals surface area contributed by atoms with Crippen LogP contribution in [0.1, 0.15) is 30.9 Å². The molecule has 0 unspecified atom stereocenters. The number of benzene rings is 1. The molecule has 106 valence electrons. The molecule has 0 radical (unpaired) electrons. The Morgan fingerprint density at radius 3 is 2.37 bits per heavy atom. The molecule has 4 nitrogen and oxygen atoms in total. The quantitative estimate of drug-likeness (QED) is 0.744. The first-order valence-corrected chi connectivity index (χ1v) is 6.84. The Balaban J connectivity index is 2.18. The summed E-state index contributed by atoms with van der Waals surface area (Å²) in [5, 5.41) is 5.56. The molecular formula is C15H24N2O2. The summed E-state index contributed by atoms with van der Waals surface area (Å²) in [7, 11) is 0. The number of ether oxygens (including phenoxy) is 1. The van der Waals surface area contributed by atoms with Gasteiger partial charge in [-0.3, -0.25) is 0 Å². The van der Waals surface area contributed by atoms with Crippen molar-refractivity contribution >= 4 is 6.03 Å². The maximum atomic E-state index is 11.4. The van der Waals surface area contributed by atoms with E-state index in [0.29, 0.717) is 13.2 Å². The van der Waals surface area contributed by atoms with Gasteiger partial charge in [0.1, 0.15) is 12.4 Å². The zero-order chi connectivity index (χ0) is 14.1. The number of carbonyl (C=O) groups excluding carboxylic acids is 1. The maximum absolute atomic E-state index is 11.4. The van der Waals surface area contributed by atoms with Crippen molar-refractivity contribution in [3.8, 4) is 5.75 Å². The molecule has 19 heavy (non-hydrogen) atoms. The van der Waals surface area contributed by atoms with Crippen LogP contribution in [0.2, 0.25) is 0 Å². The van der Waals surface area contributed by atoms with Gasteiger partial charge in [0.15, 0.2) is 0 Å². The lowest BCUT2D eigenvalue weighted by molar-refractivity contribution is 0.236. The first-order chi connectivity index (χ1) is 9.11. The Morgan fingerprint density at radius 2 is 1.74 bits per heavy atom. The highest BCUT2D eigenvalue weighted by Gasteiger charge is 1.99. The predicted octanol–water partition coefficient (Wildman–Crippen LogP) is 2.78. The van der Waals surface area contributed by atoms with E-state index in [-0.39, 0.29) is 6.03 Å². The summed E-state index contributed by atoms with van der Waals surface area (Å²) >= 11 is 0. The Labute approximate surface area is 115 Å². The fourth-order valence-electron chi connectivity index (χ4n) is 1.79. The van der Waals surface area contributed by atoms with Crippen LogP contribution in [-0.4, -0.2) is 25.7 Å². The van der Waals surface area contributed by atoms with Crippen LogP contribution in [0.25, 0.3) is 0 Å². The van der Waals surface area contributed by atoms with E-state index < -0.39 is 0 Å². The Bertz CT molecular complexity index is 385. The molecule has 0 heterocycles. The predicted molar refractivity (Wildman–Crippen MR) is 77.7 cm³/mol. The summed E-state index contributed by atoms with van der Waals surface area (Å²) in [5.74, 6) is 0.852. The summed E-state index contributed by atoms with van der Waals surface area (Å²) in [6.45, 7) is 7.88. The average molecular weight is 264 g/mol. The average Bonchev–Trinajstić information content (AvgIpc) is 2.34. The number of amides is 2. The van der Waals surface area contributed by atoms with E-state index >= 15 is 0 Å². The molecule has 2 N–H and O–H groups in total. The van der Waals surface area contributed by atoms with E-state index in [1.54, 1.807) is 0 Å². The standard InChI is InChI=1S/C15H24N2O2/c1-4-5-6-16-15(18)17-7-8-19-14-10-12(2)9-13(3)11-14/h9-11H,4-8H2,1-3H3,(H2,16,17,18). The summed E-state index contributed by atoms with van der Waals surface area (Å²) in [6, 6.07) is 5.96. The third-order valence-electron chi connectivity index (χ3n) is 2.67. The van der Waals surface area contributed by atoms with Crippen LogP contribution >= 0.6 is 0 Å². The molecule has 2 amide bonds. The molecule has 0 aliphatic rings. The normalized spacial score (nSPS) is 10.1. The molecule has 0 aliphatic carbocycles. The van der Waals surface area contributed by atoms with Crippen LogP contribution in [0.4, 0.5) is 4.79 Å². The molecule has 0 saturated carbocycles. The van der Waals surface area contributed by atoms with Crippen LogP contribution in [0.5, 0.6) is 5.75 Å². The maximum Gasteiger partial charge on any atom is 0.314 e. The summed E-state index contributed by atoms with van der Waals surface area (Å²) < 4.78 is 5.60. The number of nitrogens with one attached hydrogen (secondary N) is 2. The molecule has 1 aromatic carbocycles. The van der Waals surface area contributed by atoms with E-state index in [0.717, 1.165) is 25.1 Å². The van der Waals surface area contributed by atoms with Gasteiger partial charge in [0, 0.05) is 6.54 Å². The minimum absolute atomic E-state index is 0.127. The Hall–Kier alpha value is -1.71. The summed E-state index contributed by atoms with van der Waals surface area (Å²) in [4.78, 5) is 11.4. The van der Waals surface area contributed by atoms with Crippen LogP contribution in [0.15, 0.2) is 18.2 Å². The second kappa shape index (κ2) is 8.40. The molecule has 0 atom stereocenters. The lowest BCUT2D eigenvalue weighted by atomic mass is 10.1. The molecule has 1 rings (SSSR count). The van der Waals surface area contributed by atoms with Crippen LogP contribution in [-0.2, 0) is 0 Å². The summed E-state index contributed by atoms with van der Waals surface area (Å²) in [6.07, 6.45) is 2.09. The lowest BCUT2D eigenvalue weighted by Crippen LogP contribution is -2.38. The number of urea groups is 1. The van der Waals surface area contributed by atoms with Crippen molar-refractivity contribution in [2.75, 3.05) is 19.7 Å². The van der Waals surface area contributed by atoms with Gasteiger partial charge in [-0.1, -0.05) is 19.4 Å². The number of aryl methyl sites for hydroxylation is 2. The molecule has 1 aromatic rings. The van der Waals surface area contributed by atoms with Crippen molar-refractivity contribution in [3.63, 3.8) is 0 Å². The van der Waals surface area contributed by atoms with Gasteiger partial charge in [-0.05, 0) is 43.5 Å². The number of hydrogen-bond donors (Lipinski definition) is 2. The van der Waals surface area contributed by atoms with Crippen LogP contribution in [0.3, 0.4) is 0 Å². The molecule has 4 heteroatoms. The van der Waals surface area contributed by atoms with E-state index in [4.69, 9.17) is 4.74 Å². The van der Waals surface area contributed by atoms with E-state index in [1.807, 2.05) is 26.0 Å². The smallest absolute Gasteiger partial charge is 0.314 e. The van der Waals surface area contributed by atoms with Gasteiger partial charge in [0.25, 0.3) is 0 Å². The third-order valence-corrected chi connectivity index (χ3v) is 2.67. The first kappa shape index (κ1) is 15.3. The third kappa shape index (κ3) is 6.70. The van der Waals surface area contributed by atoms with Crippen LogP contribution in [0, 0.1) is 13.8 Å². The minimum Gasteiger partial charge on any atom is -0.492 e. The second-order valence-electron chi connectivity index (χ2n) is 4.71. The molecule has 0 bridgehead atoms. The molecule has 0 spiro atoms. The lowest BCUT2D eigenvalue weighted by Gasteiger charge is -2.10. The van der Waals surface area contributed by atoms with Crippen molar-refractivity contribution in [1.29, 1.82) is 0 Å². The van der Waals surface area contributed by atoms with Gasteiger partial charge in [0.2, 0.25) is 0 Å². The van der Waals surface area contributed by atoms with Gasteiger partial charge < -0.3 is 15.4 Å². The van der Waals surface area contributed by atoms with Crippen molar-refractivity contribution in [3.05, 3.63) is 29.3 Å². The molecule has 0 fully saturated rings. The Kier molecular flexibility index (Phi) is 6.79. The summed E-state index contributed by atoms with van der Waals surface area (Å²) in [5.41, 5.74) is 2.36. The SMILES string of the molecule is CCCCNC(=O)NCCOc1cc(C)cc(C)c1. The first-order valence-electron chi connectivity index (χ1n) is 6.84. The number of rotatable bonds is 7. The van der Waals surface area contributed by atoms with E-state index in [2.05, 4.69) is 23.6 Å². The largest absolute Gasteiger partial charge is 0.492 e. The van der Waals surface area contributed by atoms with Gasteiger partial charge in [-0.2, -0.15) is 0 Å². The van der Waals surface area contributed by atoms with Crippen molar-refractivity contribution in [2.24, 2.45) is 0 Å². The highest BCUT2D eigenvalue weighted by molar-refractivity contribution is 5.73. The molecular weight excluding hydrogens is 240 g/mol. The van der Waals surface area contributed by atoms with Crippen LogP contribution < -0.4 is 15.4 Å². The van der Waals surface area contributed by atoms with Gasteiger partial charge >= 0.3 is 6.03 Å². The number of unbranched alkanes of at least 4 members (excludes halogenated alkanes) is 1. The van der Waals surface area contributed by atoms with Gasteiger partial charge in [-0.25, -0.2) is 4.79 Å². The van der Waals surface area contributed by atoms with Crippen molar-refractivity contribution < 1.29 is 9.53 Å². The second-order valence-corrected chi connectivity index (χ2v) is 4.71. The van der Waals surface area contributed by atoms with Crippen molar-refractivity contribution in [1.82, 2.24) is 10.6 Å². The number of carbonyl (C=O) groups is 1. The van der Waals surface area contributed by atoms with Crippen molar-refractivity contribution in [2.45, 2.75) is 33.6 Å². The van der Waals surface area contributed by atoms with E-state index in [1.165, 1.54) is 11.1 Å². The highest BCUT2D eigenvalue weighted by Crippen LogP contribution is 2.15. The topological polar surface area (TPSA) is 50.4 Å². The molecule has 0 aromatic heterocycles. The highest BCUT2D eigenvalue weighted by atomic mass is 16.5. The fraction of sp³-hybridized carbons (Fsp3) is 0.533. The number of hydrogen-bond acceptors (Lipinski definition) is 2. The van der Waals surface area contributed by atoms with E-state index in [9.17, 15) is 4.79 Å². The zero-order valence-corrected chi connectivity index (χ0v) is 12.1. The molecule has 0 aliphatic heterocycles.